The number of hydrogen-bond acceptors (Lipinski definition) is 3. The van der Waals surface area contributed by atoms with Crippen LogP contribution in [-0.2, 0) is 9.59 Å². The van der Waals surface area contributed by atoms with E-state index in [-0.39, 0.29) is 6.54 Å². The molecule has 0 saturated carbocycles. The number of carboxylic acid groups (broad SMARTS) is 1. The van der Waals surface area contributed by atoms with Crippen LogP contribution in [0.1, 0.15) is 47.5 Å². The minimum absolute atomic E-state index is 0.00318. The lowest BCUT2D eigenvalue weighted by atomic mass is 9.82. The van der Waals surface area contributed by atoms with E-state index in [1.807, 2.05) is 0 Å². The number of nitrogens with one attached hydrogen (secondary N) is 2. The van der Waals surface area contributed by atoms with Gasteiger partial charge in [0.25, 0.3) is 0 Å². The molecule has 0 radical (unpaired) electrons. The van der Waals surface area contributed by atoms with E-state index in [4.69, 9.17) is 5.73 Å². The Hall–Kier alpha value is -1.79. The molecule has 0 spiro atoms. The fourth-order valence-electron chi connectivity index (χ4n) is 2.02. The van der Waals surface area contributed by atoms with Crippen molar-refractivity contribution in [3.05, 3.63) is 0 Å². The van der Waals surface area contributed by atoms with Crippen molar-refractivity contribution in [2.24, 2.45) is 16.6 Å². The van der Waals surface area contributed by atoms with Crippen LogP contribution in [0.2, 0.25) is 0 Å². The summed E-state index contributed by atoms with van der Waals surface area (Å²) in [6.45, 7) is 8.86. The molecule has 0 aromatic carbocycles. The van der Waals surface area contributed by atoms with Crippen molar-refractivity contribution < 1.29 is 19.5 Å². The number of rotatable bonds is 7. The van der Waals surface area contributed by atoms with Gasteiger partial charge in [-0.3, -0.25) is 9.59 Å². The van der Waals surface area contributed by atoms with Gasteiger partial charge < -0.3 is 21.5 Å². The highest BCUT2D eigenvalue weighted by molar-refractivity contribution is 5.86. The molecule has 1 atom stereocenters. The standard InChI is InChI=1S/C14H27N3O4/c1-6-14(7-2,11(19)20)8-16-12(21)17-9(10(15)18)13(3,4)5/h9H,6-8H2,1-5H3,(H2,15,18)(H,19,20)(H2,16,17,21). The average molecular weight is 301 g/mol. The molecule has 0 heterocycles. The zero-order chi connectivity index (χ0) is 16.8. The summed E-state index contributed by atoms with van der Waals surface area (Å²) in [5.41, 5.74) is 3.75. The van der Waals surface area contributed by atoms with Gasteiger partial charge in [0.1, 0.15) is 6.04 Å². The molecule has 3 amide bonds. The van der Waals surface area contributed by atoms with E-state index in [1.165, 1.54) is 0 Å². The van der Waals surface area contributed by atoms with Gasteiger partial charge in [0, 0.05) is 6.54 Å². The number of carboxylic acids is 1. The molecule has 7 heteroatoms. The van der Waals surface area contributed by atoms with E-state index in [2.05, 4.69) is 10.6 Å². The number of hydrogen-bond donors (Lipinski definition) is 4. The molecule has 1 unspecified atom stereocenters. The Labute approximate surface area is 125 Å². The number of aliphatic carboxylic acids is 1. The topological polar surface area (TPSA) is 122 Å². The molecule has 0 saturated heterocycles. The van der Waals surface area contributed by atoms with E-state index in [9.17, 15) is 19.5 Å². The van der Waals surface area contributed by atoms with E-state index in [0.29, 0.717) is 12.8 Å². The summed E-state index contributed by atoms with van der Waals surface area (Å²) in [7, 11) is 0. The molecule has 0 aliphatic carbocycles. The van der Waals surface area contributed by atoms with Gasteiger partial charge in [0.05, 0.1) is 5.41 Å². The second-order valence-corrected chi connectivity index (χ2v) is 6.32. The first-order valence-electron chi connectivity index (χ1n) is 7.07. The van der Waals surface area contributed by atoms with Crippen LogP contribution in [0.3, 0.4) is 0 Å². The third kappa shape index (κ3) is 5.24. The maximum Gasteiger partial charge on any atom is 0.315 e. The van der Waals surface area contributed by atoms with Crippen LogP contribution in [0.5, 0.6) is 0 Å². The maximum atomic E-state index is 11.9. The molecular formula is C14H27N3O4. The number of carbonyl (C=O) groups excluding carboxylic acids is 2. The Morgan fingerprint density at radius 3 is 1.90 bits per heavy atom. The highest BCUT2D eigenvalue weighted by Gasteiger charge is 2.36. The van der Waals surface area contributed by atoms with Crippen molar-refractivity contribution in [3.63, 3.8) is 0 Å². The fourth-order valence-corrected chi connectivity index (χ4v) is 2.02. The summed E-state index contributed by atoms with van der Waals surface area (Å²) in [6, 6.07) is -1.43. The first-order valence-corrected chi connectivity index (χ1v) is 7.07. The Morgan fingerprint density at radius 2 is 1.62 bits per heavy atom. The molecule has 0 bridgehead atoms. The number of urea groups is 1. The molecule has 122 valence electrons. The molecular weight excluding hydrogens is 274 g/mol. The number of nitrogens with two attached hydrogens (primary N) is 1. The van der Waals surface area contributed by atoms with Crippen molar-refractivity contribution in [1.29, 1.82) is 0 Å². The van der Waals surface area contributed by atoms with E-state index in [1.54, 1.807) is 34.6 Å². The highest BCUT2D eigenvalue weighted by atomic mass is 16.4. The van der Waals surface area contributed by atoms with Crippen LogP contribution < -0.4 is 16.4 Å². The van der Waals surface area contributed by atoms with Crippen LogP contribution in [0.4, 0.5) is 4.79 Å². The van der Waals surface area contributed by atoms with E-state index < -0.39 is 34.8 Å². The molecule has 0 aliphatic heterocycles. The number of amides is 3. The van der Waals surface area contributed by atoms with E-state index in [0.717, 1.165) is 0 Å². The predicted octanol–water partition coefficient (Wildman–Crippen LogP) is 1.08. The van der Waals surface area contributed by atoms with Crippen LogP contribution in [0, 0.1) is 10.8 Å². The van der Waals surface area contributed by atoms with Gasteiger partial charge >= 0.3 is 12.0 Å². The molecule has 5 N–H and O–H groups in total. The lowest BCUT2D eigenvalue weighted by Gasteiger charge is -2.30. The zero-order valence-corrected chi connectivity index (χ0v) is 13.4. The average Bonchev–Trinajstić information content (AvgIpc) is 2.35. The second kappa shape index (κ2) is 7.28. The van der Waals surface area contributed by atoms with Gasteiger partial charge in [-0.2, -0.15) is 0 Å². The van der Waals surface area contributed by atoms with Crippen molar-refractivity contribution in [2.75, 3.05) is 6.54 Å². The van der Waals surface area contributed by atoms with Gasteiger partial charge in [0.2, 0.25) is 5.91 Å². The summed E-state index contributed by atoms with van der Waals surface area (Å²) in [6.07, 6.45) is 0.801. The lowest BCUT2D eigenvalue weighted by Crippen LogP contribution is -2.56. The van der Waals surface area contributed by atoms with Crippen molar-refractivity contribution in [2.45, 2.75) is 53.5 Å². The number of primary amides is 1. The highest BCUT2D eigenvalue weighted by Crippen LogP contribution is 2.25. The Morgan fingerprint density at radius 1 is 1.14 bits per heavy atom. The number of carbonyl (C=O) groups is 3. The Bertz CT molecular complexity index is 398. The predicted molar refractivity (Wildman–Crippen MR) is 79.6 cm³/mol. The minimum atomic E-state index is -0.999. The molecule has 0 aromatic heterocycles. The van der Waals surface area contributed by atoms with Crippen molar-refractivity contribution >= 4 is 17.9 Å². The zero-order valence-electron chi connectivity index (χ0n) is 13.4. The summed E-state index contributed by atoms with van der Waals surface area (Å²) < 4.78 is 0. The van der Waals surface area contributed by atoms with Gasteiger partial charge in [0.15, 0.2) is 0 Å². The van der Waals surface area contributed by atoms with Crippen molar-refractivity contribution in [1.82, 2.24) is 10.6 Å². The minimum Gasteiger partial charge on any atom is -0.481 e. The fraction of sp³-hybridized carbons (Fsp3) is 0.786. The summed E-state index contributed by atoms with van der Waals surface area (Å²) >= 11 is 0. The normalized spacial score (nSPS) is 13.4. The third-order valence-electron chi connectivity index (χ3n) is 3.82. The molecule has 21 heavy (non-hydrogen) atoms. The van der Waals surface area contributed by atoms with Crippen LogP contribution >= 0.6 is 0 Å². The summed E-state index contributed by atoms with van der Waals surface area (Å²) in [4.78, 5) is 34.6. The SMILES string of the molecule is CCC(CC)(CNC(=O)NC(C(N)=O)C(C)(C)C)C(=O)O. The summed E-state index contributed by atoms with van der Waals surface area (Å²) in [5, 5.41) is 14.3. The van der Waals surface area contributed by atoms with Gasteiger partial charge in [-0.1, -0.05) is 34.6 Å². The molecule has 0 rings (SSSR count). The monoisotopic (exact) mass is 301 g/mol. The molecule has 0 fully saturated rings. The van der Waals surface area contributed by atoms with Gasteiger partial charge in [-0.25, -0.2) is 4.79 Å². The first kappa shape index (κ1) is 19.2. The van der Waals surface area contributed by atoms with Crippen LogP contribution in [0.25, 0.3) is 0 Å². The smallest absolute Gasteiger partial charge is 0.315 e. The van der Waals surface area contributed by atoms with Gasteiger partial charge in [-0.15, -0.1) is 0 Å². The Balaban J connectivity index is 4.77. The van der Waals surface area contributed by atoms with Gasteiger partial charge in [-0.05, 0) is 18.3 Å². The maximum absolute atomic E-state index is 11.9. The Kier molecular flexibility index (Phi) is 6.66. The lowest BCUT2D eigenvalue weighted by molar-refractivity contribution is -0.149. The van der Waals surface area contributed by atoms with E-state index >= 15 is 0 Å². The summed E-state index contributed by atoms with van der Waals surface area (Å²) in [5.74, 6) is -1.58. The first-order chi connectivity index (χ1) is 9.50. The molecule has 0 aromatic rings. The quantitative estimate of drug-likeness (QED) is 0.562. The third-order valence-corrected chi connectivity index (χ3v) is 3.82. The van der Waals surface area contributed by atoms with Crippen molar-refractivity contribution in [3.8, 4) is 0 Å². The molecule has 7 nitrogen and oxygen atoms in total. The largest absolute Gasteiger partial charge is 0.481 e. The molecule has 0 aliphatic rings. The van der Waals surface area contributed by atoms with Crippen LogP contribution in [0.15, 0.2) is 0 Å². The second-order valence-electron chi connectivity index (χ2n) is 6.32. The van der Waals surface area contributed by atoms with Crippen LogP contribution in [-0.4, -0.2) is 35.6 Å².